The molecule has 2 fully saturated rings. The zero-order chi connectivity index (χ0) is 37.9. The van der Waals surface area contributed by atoms with Gasteiger partial charge < -0.3 is 10.0 Å². The fourth-order valence-electron chi connectivity index (χ4n) is 6.48. The Bertz CT molecular complexity index is 1840. The minimum atomic E-state index is -6.44. The molecule has 9 nitrogen and oxygen atoms in total. The van der Waals surface area contributed by atoms with Crippen molar-refractivity contribution in [3.63, 3.8) is 0 Å². The van der Waals surface area contributed by atoms with Crippen LogP contribution in [0.4, 0.5) is 48.3 Å². The summed E-state index contributed by atoms with van der Waals surface area (Å²) in [5.41, 5.74) is -8.64. The number of aliphatic carboxylic acids is 1. The Morgan fingerprint density at radius 1 is 0.860 bits per heavy atom. The maximum absolute atomic E-state index is 14.9. The van der Waals surface area contributed by atoms with Gasteiger partial charge in [-0.25, -0.2) is 30.4 Å². The molecule has 278 valence electrons. The van der Waals surface area contributed by atoms with Gasteiger partial charge in [-0.15, -0.1) is 0 Å². The topological polar surface area (TPSA) is 139 Å². The summed E-state index contributed by atoms with van der Waals surface area (Å²) < 4.78 is 191. The third-order valence-electron chi connectivity index (χ3n) is 8.89. The maximum atomic E-state index is 14.9. The van der Waals surface area contributed by atoms with Gasteiger partial charge in [-0.1, -0.05) is 6.07 Å². The van der Waals surface area contributed by atoms with E-state index in [9.17, 15) is 69.9 Å². The highest BCUT2D eigenvalue weighted by Crippen LogP contribution is 2.56. The predicted molar refractivity (Wildman–Crippen MR) is 148 cm³/mol. The molecule has 1 N–H and O–H groups in total. The van der Waals surface area contributed by atoms with E-state index in [2.05, 4.69) is 4.98 Å². The van der Waals surface area contributed by atoms with E-state index in [1.165, 1.54) is 4.90 Å². The molecule has 22 heteroatoms. The number of carbonyl (C=O) groups is 2. The first kappa shape index (κ1) is 39.2. The van der Waals surface area contributed by atoms with Gasteiger partial charge >= 0.3 is 30.2 Å². The van der Waals surface area contributed by atoms with Gasteiger partial charge in [0, 0.05) is 18.2 Å². The summed E-state index contributed by atoms with van der Waals surface area (Å²) in [5.74, 6) is -5.31. The SMILES string of the molecule is O=C(C1CCS(=O)(=O)CC1)N1CCC2(S(=O)(=O)c3ccc(F)cc3)c3ccc(C(F)(C(F)(F)F)C(F)(F)F)nc3CCC12.O=C(O)C(F)(F)F. The van der Waals surface area contributed by atoms with Crippen LogP contribution >= 0.6 is 0 Å². The Balaban J connectivity index is 0.000000727. The van der Waals surface area contributed by atoms with E-state index < -0.39 is 94.6 Å². The molecular formula is C28H25F11N2O7S2. The van der Waals surface area contributed by atoms with E-state index >= 15 is 0 Å². The van der Waals surface area contributed by atoms with Crippen LogP contribution in [0.25, 0.3) is 0 Å². The highest BCUT2D eigenvalue weighted by Gasteiger charge is 2.75. The second-order valence-corrected chi connectivity index (χ2v) is 16.3. The molecule has 1 aromatic heterocycles. The van der Waals surface area contributed by atoms with E-state index in [4.69, 9.17) is 9.90 Å². The number of carboxylic acids is 1. The summed E-state index contributed by atoms with van der Waals surface area (Å²) in [4.78, 5) is 26.8. The molecular weight excluding hydrogens is 749 g/mol. The monoisotopic (exact) mass is 774 g/mol. The number of nitrogens with zero attached hydrogens (tertiary/aromatic N) is 2. The van der Waals surface area contributed by atoms with Crippen LogP contribution in [0.1, 0.15) is 42.6 Å². The number of carbonyl (C=O) groups excluding carboxylic acids is 1. The second-order valence-electron chi connectivity index (χ2n) is 11.8. The molecule has 1 aliphatic carbocycles. The van der Waals surface area contributed by atoms with Gasteiger partial charge in [0.2, 0.25) is 5.91 Å². The van der Waals surface area contributed by atoms with Crippen LogP contribution in [0.15, 0.2) is 41.3 Å². The van der Waals surface area contributed by atoms with E-state index in [0.717, 1.165) is 24.3 Å². The number of rotatable bonds is 4. The number of hydrogen-bond donors (Lipinski definition) is 1. The van der Waals surface area contributed by atoms with Gasteiger partial charge in [0.1, 0.15) is 20.4 Å². The van der Waals surface area contributed by atoms with E-state index in [1.54, 1.807) is 0 Å². The number of carboxylic acid groups (broad SMARTS) is 1. The molecule has 5 rings (SSSR count). The standard InChI is InChI=1S/C26H24F8N2O5S2.C2HF3O2/c27-16-1-3-17(4-2-16)43(40,41)23-11-12-36(22(37)15-9-13-42(38,39)14-10-15)21(23)8-6-19-18(23)5-7-20(35-19)24(28,25(29,30)31)26(32,33)34;3-2(4,5)1(6)7/h1-5,7,15,21H,6,8-14H2;(H,6,7). The van der Waals surface area contributed by atoms with Crippen LogP contribution in [-0.4, -0.2) is 86.3 Å². The molecule has 50 heavy (non-hydrogen) atoms. The lowest BCUT2D eigenvalue weighted by Gasteiger charge is -2.43. The van der Waals surface area contributed by atoms with Gasteiger partial charge in [0.25, 0.3) is 0 Å². The van der Waals surface area contributed by atoms with Crippen LogP contribution in [-0.2, 0) is 46.1 Å². The number of pyridine rings is 1. The third-order valence-corrected chi connectivity index (χ3v) is 13.2. The first-order valence-corrected chi connectivity index (χ1v) is 17.7. The van der Waals surface area contributed by atoms with Crippen molar-refractivity contribution >= 4 is 31.6 Å². The van der Waals surface area contributed by atoms with Crippen molar-refractivity contribution in [3.8, 4) is 0 Å². The molecule has 2 aromatic rings. The largest absolute Gasteiger partial charge is 0.490 e. The number of hydrogen-bond acceptors (Lipinski definition) is 7. The molecule has 2 aliphatic heterocycles. The highest BCUT2D eigenvalue weighted by molar-refractivity contribution is 7.92. The Labute approximate surface area is 276 Å². The van der Waals surface area contributed by atoms with Gasteiger partial charge in [0.15, 0.2) is 9.84 Å². The number of amides is 1. The van der Waals surface area contributed by atoms with Crippen molar-refractivity contribution < 1.29 is 79.8 Å². The minimum Gasteiger partial charge on any atom is -0.475 e. The van der Waals surface area contributed by atoms with Crippen LogP contribution in [0.5, 0.6) is 0 Å². The molecule has 0 radical (unpaired) electrons. The molecule has 1 amide bonds. The van der Waals surface area contributed by atoms with Gasteiger partial charge in [-0.3, -0.25) is 9.78 Å². The summed E-state index contributed by atoms with van der Waals surface area (Å²) in [7, 11) is -7.99. The Hall–Kier alpha value is -3.56. The van der Waals surface area contributed by atoms with Gasteiger partial charge in [-0.05, 0) is 68.0 Å². The van der Waals surface area contributed by atoms with E-state index in [1.807, 2.05) is 0 Å². The molecule has 1 aromatic carbocycles. The lowest BCUT2D eigenvalue weighted by atomic mass is 9.80. The number of fused-ring (bicyclic) bond motifs is 3. The predicted octanol–water partition coefficient (Wildman–Crippen LogP) is 5.18. The van der Waals surface area contributed by atoms with Crippen molar-refractivity contribution in [1.82, 2.24) is 9.88 Å². The number of halogens is 11. The average molecular weight is 775 g/mol. The maximum Gasteiger partial charge on any atom is 0.490 e. The molecule has 0 saturated carbocycles. The normalized spacial score (nSPS) is 22.9. The fraction of sp³-hybridized carbons (Fsp3) is 0.536. The summed E-state index contributed by atoms with van der Waals surface area (Å²) in [6.45, 7) is -0.188. The summed E-state index contributed by atoms with van der Waals surface area (Å²) in [5, 5.41) is 7.12. The lowest BCUT2D eigenvalue weighted by molar-refractivity contribution is -0.350. The van der Waals surface area contributed by atoms with E-state index in [0.29, 0.717) is 6.07 Å². The molecule has 2 unspecified atom stereocenters. The molecule has 2 saturated heterocycles. The van der Waals surface area contributed by atoms with Crippen molar-refractivity contribution in [2.24, 2.45) is 5.92 Å². The number of aromatic nitrogens is 1. The first-order chi connectivity index (χ1) is 22.7. The van der Waals surface area contributed by atoms with Crippen molar-refractivity contribution in [2.75, 3.05) is 18.1 Å². The van der Waals surface area contributed by atoms with Crippen molar-refractivity contribution in [2.45, 2.75) is 72.0 Å². The molecule has 0 spiro atoms. The molecule has 0 bridgehead atoms. The van der Waals surface area contributed by atoms with Crippen LogP contribution < -0.4 is 0 Å². The van der Waals surface area contributed by atoms with Crippen molar-refractivity contribution in [1.29, 1.82) is 0 Å². The van der Waals surface area contributed by atoms with Crippen molar-refractivity contribution in [3.05, 3.63) is 59.2 Å². The Kier molecular flexibility index (Phi) is 10.1. The van der Waals surface area contributed by atoms with E-state index in [-0.39, 0.29) is 61.8 Å². The Morgan fingerprint density at radius 3 is 1.86 bits per heavy atom. The van der Waals surface area contributed by atoms with Gasteiger partial charge in [-0.2, -0.15) is 39.5 Å². The van der Waals surface area contributed by atoms with Gasteiger partial charge in [0.05, 0.1) is 28.1 Å². The summed E-state index contributed by atoms with van der Waals surface area (Å²) in [6, 6.07) is 3.26. The number of likely N-dealkylation sites (tertiary alicyclic amines) is 1. The highest BCUT2D eigenvalue weighted by atomic mass is 32.2. The second kappa shape index (κ2) is 12.9. The van der Waals surface area contributed by atoms with Crippen LogP contribution in [0.2, 0.25) is 0 Å². The third kappa shape index (κ3) is 6.75. The zero-order valence-corrected chi connectivity index (χ0v) is 26.7. The number of aryl methyl sites for hydroxylation is 1. The van der Waals surface area contributed by atoms with Crippen LogP contribution in [0.3, 0.4) is 0 Å². The average Bonchev–Trinajstić information content (AvgIpc) is 3.41. The smallest absolute Gasteiger partial charge is 0.475 e. The Morgan fingerprint density at radius 2 is 1.38 bits per heavy atom. The first-order valence-electron chi connectivity index (χ1n) is 14.3. The molecule has 2 atom stereocenters. The number of alkyl halides is 10. The number of benzene rings is 1. The summed E-state index contributed by atoms with van der Waals surface area (Å²) >= 11 is 0. The molecule has 3 heterocycles. The quantitative estimate of drug-likeness (QED) is 0.331. The fourth-order valence-corrected chi connectivity index (χ4v) is 10.3. The summed E-state index contributed by atoms with van der Waals surface area (Å²) in [6.07, 6.45) is -19.0. The lowest BCUT2D eigenvalue weighted by Crippen LogP contribution is -2.54. The number of sulfone groups is 2. The molecule has 3 aliphatic rings. The van der Waals surface area contributed by atoms with Crippen LogP contribution in [0, 0.1) is 11.7 Å². The minimum absolute atomic E-state index is 0.00291. The zero-order valence-electron chi connectivity index (χ0n) is 25.0.